The van der Waals surface area contributed by atoms with Crippen LogP contribution in [-0.2, 0) is 0 Å². The van der Waals surface area contributed by atoms with Gasteiger partial charge < -0.3 is 20.9 Å². The average molecular weight is 423 g/mol. The Morgan fingerprint density at radius 3 is 2.52 bits per heavy atom. The van der Waals surface area contributed by atoms with Crippen molar-refractivity contribution in [2.75, 3.05) is 44.4 Å². The number of nitrogens with one attached hydrogen (secondary N) is 1. The van der Waals surface area contributed by atoms with Gasteiger partial charge in [-0.05, 0) is 45.8 Å². The number of nitrogens with two attached hydrogens (primary N) is 1. The highest BCUT2D eigenvalue weighted by atomic mass is 16.1. The monoisotopic (exact) mass is 422 g/mol. The lowest BCUT2D eigenvalue weighted by Crippen LogP contribution is -2.29. The number of hydrogen-bond acceptors (Lipinski definition) is 7. The summed E-state index contributed by atoms with van der Waals surface area (Å²) in [5.74, 6) is 0.828. The summed E-state index contributed by atoms with van der Waals surface area (Å²) in [6, 6.07) is 2.26. The van der Waals surface area contributed by atoms with Crippen molar-refractivity contribution in [1.82, 2.24) is 24.5 Å². The molecular formula is C22H30N8O. The summed E-state index contributed by atoms with van der Waals surface area (Å²) in [6.07, 6.45) is 9.50. The first-order valence-corrected chi connectivity index (χ1v) is 10.6. The minimum atomic E-state index is -0.489. The number of carbonyl (C=O) groups excluding carboxylic acids is 1. The lowest BCUT2D eigenvalue weighted by Gasteiger charge is -2.19. The maximum absolute atomic E-state index is 12.0. The van der Waals surface area contributed by atoms with Crippen LogP contribution in [0.4, 0.5) is 11.6 Å². The van der Waals surface area contributed by atoms with E-state index < -0.39 is 5.91 Å². The number of likely N-dealkylation sites (N-methyl/N-ethyl adjacent to an activating group) is 2. The third-order valence-corrected chi connectivity index (χ3v) is 5.80. The van der Waals surface area contributed by atoms with Gasteiger partial charge >= 0.3 is 0 Å². The van der Waals surface area contributed by atoms with Crippen LogP contribution >= 0.6 is 0 Å². The Bertz CT molecular complexity index is 1070. The highest BCUT2D eigenvalue weighted by Gasteiger charge is 2.29. The molecule has 1 saturated carbocycles. The molecule has 0 aliphatic heterocycles. The quantitative estimate of drug-likeness (QED) is 0.544. The second kappa shape index (κ2) is 8.50. The summed E-state index contributed by atoms with van der Waals surface area (Å²) in [6.45, 7) is 3.91. The first-order chi connectivity index (χ1) is 14.8. The highest BCUT2D eigenvalue weighted by Crippen LogP contribution is 2.36. The van der Waals surface area contributed by atoms with Gasteiger partial charge in [0.2, 0.25) is 5.95 Å². The third kappa shape index (κ3) is 4.61. The van der Waals surface area contributed by atoms with E-state index in [2.05, 4.69) is 32.2 Å². The second-order valence-electron chi connectivity index (χ2n) is 8.62. The Kier molecular flexibility index (Phi) is 5.77. The average Bonchev–Trinajstić information content (AvgIpc) is 3.51. The lowest BCUT2D eigenvalue weighted by atomic mass is 10.1. The number of nitrogens with zero attached hydrogens (tertiary/aromatic N) is 6. The molecular weight excluding hydrogens is 392 g/mol. The minimum absolute atomic E-state index is 0.267. The molecule has 0 saturated heterocycles. The van der Waals surface area contributed by atoms with Gasteiger partial charge in [0.05, 0.1) is 23.0 Å². The first kappa shape index (κ1) is 21.0. The van der Waals surface area contributed by atoms with Gasteiger partial charge in [-0.25, -0.2) is 14.5 Å². The largest absolute Gasteiger partial charge is 0.380 e. The van der Waals surface area contributed by atoms with Crippen molar-refractivity contribution in [3.8, 4) is 11.1 Å². The fourth-order valence-corrected chi connectivity index (χ4v) is 3.61. The molecule has 0 bridgehead atoms. The van der Waals surface area contributed by atoms with Crippen molar-refractivity contribution < 1.29 is 4.79 Å². The van der Waals surface area contributed by atoms with Crippen LogP contribution in [0.1, 0.15) is 30.1 Å². The van der Waals surface area contributed by atoms with Gasteiger partial charge in [-0.15, -0.1) is 0 Å². The normalized spacial score (nSPS) is 14.7. The molecule has 1 unspecified atom stereocenters. The van der Waals surface area contributed by atoms with Gasteiger partial charge in [-0.2, -0.15) is 5.10 Å². The molecule has 0 spiro atoms. The number of hydrogen-bond donors (Lipinski definition) is 2. The SMILES string of the molecule is CC(Nc1c(C(N)=O)cnn2cc(-c3cnc(N(C)CCN(C)C)nc3)cc12)C1CC1. The number of anilines is 2. The molecule has 1 aliphatic carbocycles. The van der Waals surface area contributed by atoms with E-state index in [1.54, 1.807) is 4.52 Å². The molecule has 3 aromatic rings. The minimum Gasteiger partial charge on any atom is -0.380 e. The van der Waals surface area contributed by atoms with E-state index in [1.807, 2.05) is 50.7 Å². The highest BCUT2D eigenvalue weighted by molar-refractivity contribution is 6.02. The van der Waals surface area contributed by atoms with Gasteiger partial charge in [0.15, 0.2) is 0 Å². The van der Waals surface area contributed by atoms with Crippen LogP contribution in [0.15, 0.2) is 30.9 Å². The van der Waals surface area contributed by atoms with E-state index in [9.17, 15) is 4.79 Å². The van der Waals surface area contributed by atoms with Crippen LogP contribution < -0.4 is 16.0 Å². The van der Waals surface area contributed by atoms with E-state index >= 15 is 0 Å². The molecule has 3 N–H and O–H groups in total. The standard InChI is InChI=1S/C22H30N8O/c1-14(15-5-6-15)27-20-18(21(23)31)12-26-30-13-16(9-19(20)30)17-10-24-22(25-11-17)29(4)8-7-28(2)3/h9-15,27H,5-8H2,1-4H3,(H2,23,31). The third-order valence-electron chi connectivity index (χ3n) is 5.80. The molecule has 1 fully saturated rings. The maximum atomic E-state index is 12.0. The number of primary amides is 1. The number of fused-ring (bicyclic) bond motifs is 1. The fraction of sp³-hybridized carbons (Fsp3) is 0.455. The van der Waals surface area contributed by atoms with E-state index in [-0.39, 0.29) is 6.04 Å². The Balaban J connectivity index is 1.63. The molecule has 3 heterocycles. The molecule has 1 aliphatic rings. The number of amides is 1. The summed E-state index contributed by atoms with van der Waals surface area (Å²) in [5, 5.41) is 7.89. The van der Waals surface area contributed by atoms with Crippen molar-refractivity contribution in [1.29, 1.82) is 0 Å². The zero-order chi connectivity index (χ0) is 22.1. The van der Waals surface area contributed by atoms with Crippen LogP contribution in [-0.4, -0.2) is 70.7 Å². The maximum Gasteiger partial charge on any atom is 0.252 e. The Morgan fingerprint density at radius 2 is 1.90 bits per heavy atom. The van der Waals surface area contributed by atoms with Gasteiger partial charge in [-0.1, -0.05) is 0 Å². The molecule has 1 atom stereocenters. The Labute approximate surface area is 182 Å². The van der Waals surface area contributed by atoms with Crippen molar-refractivity contribution >= 4 is 23.1 Å². The zero-order valence-corrected chi connectivity index (χ0v) is 18.5. The number of carbonyl (C=O) groups is 1. The number of aromatic nitrogens is 4. The van der Waals surface area contributed by atoms with Gasteiger partial charge in [0.1, 0.15) is 0 Å². The van der Waals surface area contributed by atoms with Crippen molar-refractivity contribution in [2.45, 2.75) is 25.8 Å². The molecule has 0 aromatic carbocycles. The van der Waals surface area contributed by atoms with Crippen LogP contribution in [0.25, 0.3) is 16.6 Å². The van der Waals surface area contributed by atoms with Crippen molar-refractivity contribution in [2.24, 2.45) is 11.7 Å². The predicted octanol–water partition coefficient (Wildman–Crippen LogP) is 2.10. The van der Waals surface area contributed by atoms with Crippen LogP contribution in [0.5, 0.6) is 0 Å². The molecule has 31 heavy (non-hydrogen) atoms. The van der Waals surface area contributed by atoms with Crippen LogP contribution in [0.3, 0.4) is 0 Å². The number of rotatable bonds is 9. The molecule has 4 rings (SSSR count). The van der Waals surface area contributed by atoms with E-state index in [4.69, 9.17) is 5.73 Å². The van der Waals surface area contributed by atoms with E-state index in [1.165, 1.54) is 19.0 Å². The summed E-state index contributed by atoms with van der Waals surface area (Å²) in [5.41, 5.74) is 9.38. The van der Waals surface area contributed by atoms with E-state index in [0.717, 1.165) is 35.4 Å². The molecule has 0 radical (unpaired) electrons. The fourth-order valence-electron chi connectivity index (χ4n) is 3.61. The van der Waals surface area contributed by atoms with Gasteiger partial charge in [0, 0.05) is 55.9 Å². The first-order valence-electron chi connectivity index (χ1n) is 10.6. The van der Waals surface area contributed by atoms with Crippen LogP contribution in [0.2, 0.25) is 0 Å². The van der Waals surface area contributed by atoms with Gasteiger partial charge in [0.25, 0.3) is 5.91 Å². The van der Waals surface area contributed by atoms with Gasteiger partial charge in [-0.3, -0.25) is 4.79 Å². The topological polar surface area (TPSA) is 105 Å². The summed E-state index contributed by atoms with van der Waals surface area (Å²) >= 11 is 0. The summed E-state index contributed by atoms with van der Waals surface area (Å²) in [4.78, 5) is 25.2. The zero-order valence-electron chi connectivity index (χ0n) is 18.5. The molecule has 3 aromatic heterocycles. The lowest BCUT2D eigenvalue weighted by molar-refractivity contribution is 0.100. The van der Waals surface area contributed by atoms with E-state index in [0.29, 0.717) is 17.4 Å². The Hall–Kier alpha value is -3.20. The molecule has 164 valence electrons. The van der Waals surface area contributed by atoms with Crippen molar-refractivity contribution in [3.05, 3.63) is 36.4 Å². The molecule has 1 amide bonds. The smallest absolute Gasteiger partial charge is 0.252 e. The predicted molar refractivity (Wildman–Crippen MR) is 122 cm³/mol. The van der Waals surface area contributed by atoms with Crippen LogP contribution in [0, 0.1) is 5.92 Å². The van der Waals surface area contributed by atoms with Crippen molar-refractivity contribution in [3.63, 3.8) is 0 Å². The molecule has 9 nitrogen and oxygen atoms in total. The molecule has 9 heteroatoms. The second-order valence-corrected chi connectivity index (χ2v) is 8.62. The summed E-state index contributed by atoms with van der Waals surface area (Å²) in [7, 11) is 6.07. The summed E-state index contributed by atoms with van der Waals surface area (Å²) < 4.78 is 1.76. The Morgan fingerprint density at radius 1 is 1.19 bits per heavy atom.